The van der Waals surface area contributed by atoms with Gasteiger partial charge in [0, 0.05) is 31.8 Å². The molecule has 0 aliphatic heterocycles. The van der Waals surface area contributed by atoms with E-state index in [1.54, 1.807) is 0 Å². The molecule has 0 radical (unpaired) electrons. The molecule has 100 valence electrons. The van der Waals surface area contributed by atoms with E-state index in [1.165, 1.54) is 0 Å². The second-order valence-electron chi connectivity index (χ2n) is 5.30. The zero-order valence-electron chi connectivity index (χ0n) is 11.8. The Labute approximate surface area is 119 Å². The number of benzene rings is 2. The van der Waals surface area contributed by atoms with E-state index in [0.29, 0.717) is 6.42 Å². The lowest BCUT2D eigenvalue weighted by atomic mass is 10.0. The average molecular weight is 263 g/mol. The molecule has 0 heterocycles. The molecule has 2 nitrogen and oxygen atoms in total. The number of rotatable bonds is 2. The van der Waals surface area contributed by atoms with Gasteiger partial charge in [-0.25, -0.2) is 0 Å². The smallest absolute Gasteiger partial charge is 0.167 e. The monoisotopic (exact) mass is 263 g/mol. The van der Waals surface area contributed by atoms with Crippen LogP contribution in [0.3, 0.4) is 0 Å². The van der Waals surface area contributed by atoms with E-state index in [9.17, 15) is 4.79 Å². The lowest BCUT2D eigenvalue weighted by molar-refractivity contribution is -0.112. The predicted octanol–water partition coefficient (Wildman–Crippen LogP) is 3.42. The van der Waals surface area contributed by atoms with Crippen LogP contribution >= 0.6 is 0 Å². The first-order valence-corrected chi connectivity index (χ1v) is 6.76. The fourth-order valence-corrected chi connectivity index (χ4v) is 2.55. The van der Waals surface area contributed by atoms with Gasteiger partial charge in [0.15, 0.2) is 5.78 Å². The van der Waals surface area contributed by atoms with Crippen LogP contribution in [-0.2, 0) is 11.2 Å². The molecule has 0 atom stereocenters. The Balaban J connectivity index is 1.98. The largest absolute Gasteiger partial charge is 0.378 e. The third-order valence-corrected chi connectivity index (χ3v) is 3.68. The van der Waals surface area contributed by atoms with Crippen LogP contribution in [0.25, 0.3) is 11.6 Å². The Morgan fingerprint density at radius 1 is 1.00 bits per heavy atom. The minimum Gasteiger partial charge on any atom is -0.378 e. The van der Waals surface area contributed by atoms with Gasteiger partial charge in [0.05, 0.1) is 0 Å². The van der Waals surface area contributed by atoms with Crippen molar-refractivity contribution in [2.45, 2.75) is 6.42 Å². The molecule has 1 aliphatic carbocycles. The van der Waals surface area contributed by atoms with Crippen LogP contribution in [0.15, 0.2) is 48.5 Å². The number of anilines is 1. The van der Waals surface area contributed by atoms with Crippen LogP contribution in [0.1, 0.15) is 16.7 Å². The summed E-state index contributed by atoms with van der Waals surface area (Å²) >= 11 is 0. The summed E-state index contributed by atoms with van der Waals surface area (Å²) in [6.07, 6.45) is 2.52. The number of allylic oxidation sites excluding steroid dienone is 1. The normalized spacial score (nSPS) is 15.5. The summed E-state index contributed by atoms with van der Waals surface area (Å²) in [5.74, 6) is 0.211. The van der Waals surface area contributed by atoms with E-state index >= 15 is 0 Å². The zero-order chi connectivity index (χ0) is 14.1. The lowest BCUT2D eigenvalue weighted by Crippen LogP contribution is -2.07. The molecule has 2 heteroatoms. The van der Waals surface area contributed by atoms with Crippen LogP contribution in [0, 0.1) is 0 Å². The van der Waals surface area contributed by atoms with Gasteiger partial charge in [0.1, 0.15) is 0 Å². The summed E-state index contributed by atoms with van der Waals surface area (Å²) in [6, 6.07) is 16.3. The van der Waals surface area contributed by atoms with Crippen LogP contribution in [0.2, 0.25) is 0 Å². The summed E-state index contributed by atoms with van der Waals surface area (Å²) in [5, 5.41) is 0. The van der Waals surface area contributed by atoms with Crippen LogP contribution < -0.4 is 4.90 Å². The SMILES string of the molecule is CN(C)c1ccc(C=C2C(=O)Cc3ccccc32)cc1. The molecule has 2 aromatic carbocycles. The fourth-order valence-electron chi connectivity index (χ4n) is 2.55. The molecule has 0 N–H and O–H groups in total. The molecule has 0 unspecified atom stereocenters. The Hall–Kier alpha value is -2.35. The van der Waals surface area contributed by atoms with Crippen molar-refractivity contribution in [2.24, 2.45) is 0 Å². The fraction of sp³-hybridized carbons (Fsp3) is 0.167. The van der Waals surface area contributed by atoms with E-state index in [2.05, 4.69) is 29.2 Å². The first kappa shape index (κ1) is 12.7. The molecular formula is C18H17NO. The minimum absolute atomic E-state index is 0.211. The van der Waals surface area contributed by atoms with Crippen LogP contribution in [0.5, 0.6) is 0 Å². The van der Waals surface area contributed by atoms with Gasteiger partial charge in [-0.1, -0.05) is 36.4 Å². The van der Waals surface area contributed by atoms with Crippen molar-refractivity contribution in [1.82, 2.24) is 0 Å². The topological polar surface area (TPSA) is 20.3 Å². The van der Waals surface area contributed by atoms with E-state index in [4.69, 9.17) is 0 Å². The third kappa shape index (κ3) is 2.25. The number of ketones is 1. The molecule has 2 aromatic rings. The third-order valence-electron chi connectivity index (χ3n) is 3.68. The van der Waals surface area contributed by atoms with Crippen molar-refractivity contribution in [1.29, 1.82) is 0 Å². The summed E-state index contributed by atoms with van der Waals surface area (Å²) in [4.78, 5) is 14.2. The molecule has 0 fully saturated rings. The Morgan fingerprint density at radius 2 is 1.70 bits per heavy atom. The van der Waals surface area contributed by atoms with Gasteiger partial charge >= 0.3 is 0 Å². The molecule has 0 aromatic heterocycles. The minimum atomic E-state index is 0.211. The Morgan fingerprint density at radius 3 is 2.40 bits per heavy atom. The Kier molecular flexibility index (Phi) is 3.15. The summed E-state index contributed by atoms with van der Waals surface area (Å²) in [7, 11) is 4.04. The molecule has 0 saturated carbocycles. The molecule has 1 aliphatic rings. The maximum absolute atomic E-state index is 12.1. The summed E-state index contributed by atoms with van der Waals surface area (Å²) in [6.45, 7) is 0. The van der Waals surface area contributed by atoms with E-state index in [1.807, 2.05) is 44.4 Å². The number of hydrogen-bond donors (Lipinski definition) is 0. The van der Waals surface area contributed by atoms with Crippen molar-refractivity contribution in [3.05, 3.63) is 65.2 Å². The van der Waals surface area contributed by atoms with Crippen LogP contribution in [0.4, 0.5) is 5.69 Å². The molecule has 0 saturated heterocycles. The lowest BCUT2D eigenvalue weighted by Gasteiger charge is -2.12. The highest BCUT2D eigenvalue weighted by atomic mass is 16.1. The average Bonchev–Trinajstić information content (AvgIpc) is 2.76. The molecule has 20 heavy (non-hydrogen) atoms. The zero-order valence-corrected chi connectivity index (χ0v) is 11.8. The number of carbonyl (C=O) groups is 1. The standard InChI is InChI=1S/C18H17NO/c1-19(2)15-9-7-13(8-10-15)11-17-16-6-4-3-5-14(16)12-18(17)20/h3-11H,12H2,1-2H3. The molecular weight excluding hydrogens is 246 g/mol. The van der Waals surface area contributed by atoms with E-state index < -0.39 is 0 Å². The van der Waals surface area contributed by atoms with Crippen molar-refractivity contribution >= 4 is 23.1 Å². The molecule has 0 amide bonds. The van der Waals surface area contributed by atoms with Crippen molar-refractivity contribution in [2.75, 3.05) is 19.0 Å². The van der Waals surface area contributed by atoms with Crippen molar-refractivity contribution in [3.63, 3.8) is 0 Å². The Bertz CT molecular complexity index is 681. The highest BCUT2D eigenvalue weighted by Crippen LogP contribution is 2.31. The van der Waals surface area contributed by atoms with Gasteiger partial charge in [-0.2, -0.15) is 0 Å². The maximum atomic E-state index is 12.1. The summed E-state index contributed by atoms with van der Waals surface area (Å²) < 4.78 is 0. The van der Waals surface area contributed by atoms with Crippen molar-refractivity contribution in [3.8, 4) is 0 Å². The van der Waals surface area contributed by atoms with Gasteiger partial charge in [-0.15, -0.1) is 0 Å². The van der Waals surface area contributed by atoms with Gasteiger partial charge in [0.2, 0.25) is 0 Å². The van der Waals surface area contributed by atoms with Crippen molar-refractivity contribution < 1.29 is 4.79 Å². The van der Waals surface area contributed by atoms with E-state index in [0.717, 1.165) is 28.0 Å². The second-order valence-corrected chi connectivity index (χ2v) is 5.30. The number of hydrogen-bond acceptors (Lipinski definition) is 2. The summed E-state index contributed by atoms with van der Waals surface area (Å²) in [5.41, 5.74) is 5.27. The molecule has 0 bridgehead atoms. The predicted molar refractivity (Wildman–Crippen MR) is 83.8 cm³/mol. The van der Waals surface area contributed by atoms with Crippen LogP contribution in [-0.4, -0.2) is 19.9 Å². The second kappa shape index (κ2) is 4.97. The van der Waals surface area contributed by atoms with E-state index in [-0.39, 0.29) is 5.78 Å². The highest BCUT2D eigenvalue weighted by molar-refractivity contribution is 6.29. The number of nitrogens with zero attached hydrogens (tertiary/aromatic N) is 1. The number of fused-ring (bicyclic) bond motifs is 1. The first-order valence-electron chi connectivity index (χ1n) is 6.76. The van der Waals surface area contributed by atoms with Gasteiger partial charge in [-0.3, -0.25) is 4.79 Å². The first-order chi connectivity index (χ1) is 9.65. The molecule has 3 rings (SSSR count). The van der Waals surface area contributed by atoms with Gasteiger partial charge < -0.3 is 4.90 Å². The maximum Gasteiger partial charge on any atom is 0.167 e. The quantitative estimate of drug-likeness (QED) is 0.774. The highest BCUT2D eigenvalue weighted by Gasteiger charge is 2.23. The number of carbonyl (C=O) groups excluding carboxylic acids is 1. The molecule has 0 spiro atoms. The number of Topliss-reactive ketones (excluding diaryl/α,β-unsaturated/α-hetero) is 1. The van der Waals surface area contributed by atoms with Gasteiger partial charge in [0.25, 0.3) is 0 Å². The van der Waals surface area contributed by atoms with Gasteiger partial charge in [-0.05, 0) is 34.9 Å².